The molecule has 0 bridgehead atoms. The van der Waals surface area contributed by atoms with Gasteiger partial charge in [0.05, 0.1) is 18.5 Å². The first-order valence-corrected chi connectivity index (χ1v) is 7.63. The Kier molecular flexibility index (Phi) is 5.90. The van der Waals surface area contributed by atoms with Crippen LogP contribution in [0.25, 0.3) is 0 Å². The highest BCUT2D eigenvalue weighted by atomic mass is 31.2. The summed E-state index contributed by atoms with van der Waals surface area (Å²) in [6.45, 7) is 6.87. The van der Waals surface area contributed by atoms with Crippen molar-refractivity contribution in [1.82, 2.24) is 0 Å². The Balaban J connectivity index is 2.88. The molecular formula is C13H21O3P. The largest absolute Gasteiger partial charge is 0.361 e. The zero-order chi connectivity index (χ0) is 12.7. The van der Waals surface area contributed by atoms with Crippen LogP contribution < -0.4 is 5.30 Å². The number of aryl methyl sites for hydroxylation is 1. The third-order valence-electron chi connectivity index (χ3n) is 2.28. The molecule has 0 N–H and O–H groups in total. The number of rotatable bonds is 7. The topological polar surface area (TPSA) is 35.5 Å². The van der Waals surface area contributed by atoms with Gasteiger partial charge in [-0.2, -0.15) is 0 Å². The molecule has 17 heavy (non-hydrogen) atoms. The second-order valence-electron chi connectivity index (χ2n) is 4.00. The van der Waals surface area contributed by atoms with Crippen molar-refractivity contribution >= 4 is 12.9 Å². The van der Waals surface area contributed by atoms with E-state index in [0.29, 0.717) is 18.5 Å². The predicted octanol–water partition coefficient (Wildman–Crippen LogP) is 3.67. The highest BCUT2D eigenvalue weighted by molar-refractivity contribution is 7.62. The van der Waals surface area contributed by atoms with Crippen molar-refractivity contribution in [1.29, 1.82) is 0 Å². The minimum Gasteiger partial charge on any atom is -0.305 e. The van der Waals surface area contributed by atoms with Gasteiger partial charge in [0, 0.05) is 0 Å². The van der Waals surface area contributed by atoms with Crippen LogP contribution in [0.3, 0.4) is 0 Å². The average molecular weight is 256 g/mol. The van der Waals surface area contributed by atoms with E-state index in [0.717, 1.165) is 18.4 Å². The van der Waals surface area contributed by atoms with Crippen LogP contribution >= 0.6 is 7.60 Å². The smallest absolute Gasteiger partial charge is 0.305 e. The van der Waals surface area contributed by atoms with Gasteiger partial charge in [-0.25, -0.2) is 0 Å². The molecule has 0 heterocycles. The molecule has 1 aromatic rings. The van der Waals surface area contributed by atoms with E-state index in [-0.39, 0.29) is 0 Å². The average Bonchev–Trinajstić information content (AvgIpc) is 2.34. The lowest BCUT2D eigenvalue weighted by atomic mass is 10.2. The van der Waals surface area contributed by atoms with Gasteiger partial charge in [-0.3, -0.25) is 4.57 Å². The van der Waals surface area contributed by atoms with Crippen LogP contribution in [-0.4, -0.2) is 13.2 Å². The minimum atomic E-state index is -3.12. The van der Waals surface area contributed by atoms with Crippen LogP contribution in [0.2, 0.25) is 0 Å². The first-order valence-electron chi connectivity index (χ1n) is 6.08. The van der Waals surface area contributed by atoms with Gasteiger partial charge in [-0.1, -0.05) is 31.5 Å². The lowest BCUT2D eigenvalue weighted by molar-refractivity contribution is 0.213. The summed E-state index contributed by atoms with van der Waals surface area (Å²) in [6.07, 6.45) is 1.65. The van der Waals surface area contributed by atoms with E-state index in [9.17, 15) is 4.57 Å². The highest BCUT2D eigenvalue weighted by Gasteiger charge is 2.26. The molecule has 0 aromatic heterocycles. The van der Waals surface area contributed by atoms with Crippen LogP contribution in [-0.2, 0) is 13.6 Å². The lowest BCUT2D eigenvalue weighted by Gasteiger charge is -2.18. The first-order chi connectivity index (χ1) is 8.12. The molecule has 0 saturated carbocycles. The maximum absolute atomic E-state index is 12.6. The first kappa shape index (κ1) is 14.4. The Hall–Kier alpha value is -0.630. The third-order valence-corrected chi connectivity index (χ3v) is 4.26. The van der Waals surface area contributed by atoms with E-state index in [1.165, 1.54) is 0 Å². The molecular weight excluding hydrogens is 235 g/mol. The third kappa shape index (κ3) is 4.27. The van der Waals surface area contributed by atoms with Gasteiger partial charge in [0.15, 0.2) is 0 Å². The molecule has 4 heteroatoms. The zero-order valence-electron chi connectivity index (χ0n) is 10.8. The fraction of sp³-hybridized carbons (Fsp3) is 0.538. The van der Waals surface area contributed by atoms with E-state index in [1.807, 2.05) is 45.0 Å². The summed E-state index contributed by atoms with van der Waals surface area (Å²) in [5, 5.41) is 0.644. The van der Waals surface area contributed by atoms with Crippen molar-refractivity contribution in [3.63, 3.8) is 0 Å². The SMILES string of the molecule is CCCOP(=O)(OCCC)c1ccc(C)cc1. The summed E-state index contributed by atoms with van der Waals surface area (Å²) in [7, 11) is -3.12. The van der Waals surface area contributed by atoms with Crippen LogP contribution in [0.5, 0.6) is 0 Å². The summed E-state index contributed by atoms with van der Waals surface area (Å²) < 4.78 is 23.5. The van der Waals surface area contributed by atoms with E-state index >= 15 is 0 Å². The summed E-state index contributed by atoms with van der Waals surface area (Å²) >= 11 is 0. The van der Waals surface area contributed by atoms with Crippen molar-refractivity contribution in [2.24, 2.45) is 0 Å². The van der Waals surface area contributed by atoms with Crippen LogP contribution in [0.4, 0.5) is 0 Å². The number of hydrogen-bond acceptors (Lipinski definition) is 3. The summed E-state index contributed by atoms with van der Waals surface area (Å²) in [4.78, 5) is 0. The fourth-order valence-corrected chi connectivity index (χ4v) is 3.07. The van der Waals surface area contributed by atoms with Gasteiger partial charge >= 0.3 is 7.60 Å². The van der Waals surface area contributed by atoms with Crippen LogP contribution in [0.1, 0.15) is 32.3 Å². The van der Waals surface area contributed by atoms with Crippen molar-refractivity contribution < 1.29 is 13.6 Å². The Labute approximate surface area is 104 Å². The molecule has 0 radical (unpaired) electrons. The highest BCUT2D eigenvalue weighted by Crippen LogP contribution is 2.47. The van der Waals surface area contributed by atoms with Gasteiger partial charge in [-0.15, -0.1) is 0 Å². The molecule has 1 aromatic carbocycles. The standard InChI is InChI=1S/C13H21O3P/c1-4-10-15-17(14,16-11-5-2)13-8-6-12(3)7-9-13/h6-9H,4-5,10-11H2,1-3H3. The van der Waals surface area contributed by atoms with E-state index in [4.69, 9.17) is 9.05 Å². The molecule has 0 spiro atoms. The molecule has 0 atom stereocenters. The normalized spacial score (nSPS) is 11.7. The molecule has 1 rings (SSSR count). The lowest BCUT2D eigenvalue weighted by Crippen LogP contribution is -2.11. The second kappa shape index (κ2) is 6.95. The Morgan fingerprint density at radius 1 is 1.00 bits per heavy atom. The Morgan fingerprint density at radius 3 is 1.88 bits per heavy atom. The molecule has 0 aliphatic carbocycles. The number of hydrogen-bond donors (Lipinski definition) is 0. The van der Waals surface area contributed by atoms with E-state index in [1.54, 1.807) is 0 Å². The van der Waals surface area contributed by atoms with Gasteiger partial charge < -0.3 is 9.05 Å². The molecule has 0 aliphatic heterocycles. The quantitative estimate of drug-likeness (QED) is 0.698. The monoisotopic (exact) mass is 256 g/mol. The van der Waals surface area contributed by atoms with Crippen molar-refractivity contribution in [2.75, 3.05) is 13.2 Å². The predicted molar refractivity (Wildman–Crippen MR) is 70.9 cm³/mol. The van der Waals surface area contributed by atoms with Crippen molar-refractivity contribution in [3.05, 3.63) is 29.8 Å². The minimum absolute atomic E-state index is 0.453. The van der Waals surface area contributed by atoms with Crippen molar-refractivity contribution in [3.8, 4) is 0 Å². The van der Waals surface area contributed by atoms with Crippen molar-refractivity contribution in [2.45, 2.75) is 33.6 Å². The Morgan fingerprint density at radius 2 is 1.47 bits per heavy atom. The van der Waals surface area contributed by atoms with Gasteiger partial charge in [0.2, 0.25) is 0 Å². The van der Waals surface area contributed by atoms with E-state index in [2.05, 4.69) is 0 Å². The van der Waals surface area contributed by atoms with Gasteiger partial charge in [0.1, 0.15) is 0 Å². The molecule has 0 amide bonds. The van der Waals surface area contributed by atoms with Crippen LogP contribution in [0, 0.1) is 6.92 Å². The number of benzene rings is 1. The van der Waals surface area contributed by atoms with E-state index < -0.39 is 7.60 Å². The maximum Gasteiger partial charge on any atom is 0.361 e. The van der Waals surface area contributed by atoms with Crippen LogP contribution in [0.15, 0.2) is 24.3 Å². The summed E-state index contributed by atoms with van der Waals surface area (Å²) in [6, 6.07) is 7.49. The van der Waals surface area contributed by atoms with Gasteiger partial charge in [0.25, 0.3) is 0 Å². The Bertz CT molecular complexity index is 361. The molecule has 0 saturated heterocycles. The molecule has 3 nitrogen and oxygen atoms in total. The molecule has 0 fully saturated rings. The summed E-state index contributed by atoms with van der Waals surface area (Å²) in [5.41, 5.74) is 1.13. The second-order valence-corrected chi connectivity index (χ2v) is 6.03. The fourth-order valence-electron chi connectivity index (χ4n) is 1.34. The molecule has 0 aliphatic rings. The zero-order valence-corrected chi connectivity index (χ0v) is 11.7. The maximum atomic E-state index is 12.6. The molecule has 96 valence electrons. The summed E-state index contributed by atoms with van der Waals surface area (Å²) in [5.74, 6) is 0. The molecule has 0 unspecified atom stereocenters. The van der Waals surface area contributed by atoms with Gasteiger partial charge in [-0.05, 0) is 31.9 Å².